The van der Waals surface area contributed by atoms with Gasteiger partial charge in [0.05, 0.1) is 25.3 Å². The van der Waals surface area contributed by atoms with Crippen LogP contribution in [-0.4, -0.2) is 45.1 Å². The van der Waals surface area contributed by atoms with Crippen LogP contribution < -0.4 is 11.2 Å². The summed E-state index contributed by atoms with van der Waals surface area (Å²) in [4.78, 5) is 30.4. The Labute approximate surface area is 172 Å². The molecule has 1 aliphatic rings. The maximum atomic E-state index is 13.3. The Kier molecular flexibility index (Phi) is 7.17. The maximum absolute atomic E-state index is 13.3. The van der Waals surface area contributed by atoms with Crippen molar-refractivity contribution < 1.29 is 19.3 Å². The van der Waals surface area contributed by atoms with E-state index in [2.05, 4.69) is 4.99 Å². The largest absolute Gasteiger partial charge is 0.481 e. The maximum Gasteiger partial charge on any atom is 0.332 e. The Balaban J connectivity index is 2.09. The fourth-order valence-electron chi connectivity index (χ4n) is 3.67. The molecule has 1 aliphatic heterocycles. The van der Waals surface area contributed by atoms with Gasteiger partial charge in [-0.3, -0.25) is 13.9 Å². The van der Waals surface area contributed by atoms with Crippen LogP contribution in [0.2, 0.25) is 0 Å². The van der Waals surface area contributed by atoms with Crippen LogP contribution in [0, 0.1) is 11.7 Å². The molecule has 0 fully saturated rings. The van der Waals surface area contributed by atoms with Crippen molar-refractivity contribution in [2.45, 2.75) is 39.3 Å². The highest BCUT2D eigenvalue weighted by atomic mass is 19.1. The highest BCUT2D eigenvalue weighted by molar-refractivity contribution is 5.84. The molecular weight excluding hydrogens is 393 g/mol. The normalized spacial score (nSPS) is 15.6. The minimum Gasteiger partial charge on any atom is -0.481 e. The van der Waals surface area contributed by atoms with Gasteiger partial charge >= 0.3 is 5.69 Å². The van der Waals surface area contributed by atoms with E-state index in [0.717, 1.165) is 10.1 Å². The summed E-state index contributed by atoms with van der Waals surface area (Å²) in [6, 6.07) is 6.12. The van der Waals surface area contributed by atoms with Gasteiger partial charge in [-0.25, -0.2) is 9.18 Å². The van der Waals surface area contributed by atoms with Crippen LogP contribution in [0.4, 0.5) is 10.2 Å². The third kappa shape index (κ3) is 4.52. The van der Waals surface area contributed by atoms with Crippen LogP contribution in [-0.2, 0) is 30.7 Å². The van der Waals surface area contributed by atoms with E-state index >= 15 is 0 Å². The Morgan fingerprint density at radius 3 is 2.50 bits per heavy atom. The number of benzene rings is 1. The molecule has 2 heterocycles. The van der Waals surface area contributed by atoms with Crippen LogP contribution in [0.15, 0.2) is 38.8 Å². The van der Waals surface area contributed by atoms with Crippen molar-refractivity contribution in [2.24, 2.45) is 10.9 Å². The molecule has 2 aromatic rings. The molecule has 162 valence electrons. The third-order valence-corrected chi connectivity index (χ3v) is 5.06. The zero-order chi connectivity index (χ0) is 21.7. The average molecular weight is 419 g/mol. The minimum absolute atomic E-state index is 0.00783. The first-order chi connectivity index (χ1) is 14.5. The van der Waals surface area contributed by atoms with E-state index in [4.69, 9.17) is 9.84 Å². The van der Waals surface area contributed by atoms with E-state index in [0.29, 0.717) is 30.9 Å². The number of aliphatic hydroxyl groups is 2. The number of aliphatic hydroxyl groups excluding tert-OH is 2. The Morgan fingerprint density at radius 1 is 1.13 bits per heavy atom. The third-order valence-electron chi connectivity index (χ3n) is 5.06. The lowest BCUT2D eigenvalue weighted by Gasteiger charge is -2.26. The summed E-state index contributed by atoms with van der Waals surface area (Å²) in [5.41, 5.74) is 0.233. The number of aromatic nitrogens is 2. The summed E-state index contributed by atoms with van der Waals surface area (Å²) >= 11 is 0. The number of ether oxygens (including phenoxy) is 1. The van der Waals surface area contributed by atoms with E-state index in [1.807, 2.05) is 6.92 Å². The first-order valence-electron chi connectivity index (χ1n) is 10.0. The molecule has 0 radical (unpaired) electrons. The number of halogens is 1. The zero-order valence-corrected chi connectivity index (χ0v) is 16.9. The van der Waals surface area contributed by atoms with Gasteiger partial charge in [-0.05, 0) is 43.9 Å². The Bertz CT molecular complexity index is 1030. The van der Waals surface area contributed by atoms with E-state index in [1.54, 1.807) is 12.1 Å². The Hall–Kier alpha value is -2.78. The van der Waals surface area contributed by atoms with Crippen LogP contribution in [0.25, 0.3) is 0 Å². The molecule has 1 atom stereocenters. The zero-order valence-electron chi connectivity index (χ0n) is 16.9. The van der Waals surface area contributed by atoms with Gasteiger partial charge in [0.1, 0.15) is 11.6 Å². The highest BCUT2D eigenvalue weighted by Crippen LogP contribution is 2.28. The number of nitrogens with zero attached hydrogens (tertiary/aromatic N) is 3. The molecule has 30 heavy (non-hydrogen) atoms. The van der Waals surface area contributed by atoms with Crippen LogP contribution in [0.5, 0.6) is 0 Å². The molecule has 0 aliphatic carbocycles. The average Bonchev–Trinajstić information content (AvgIpc) is 2.74. The van der Waals surface area contributed by atoms with E-state index in [9.17, 15) is 19.1 Å². The van der Waals surface area contributed by atoms with Crippen molar-refractivity contribution in [1.29, 1.82) is 0 Å². The molecule has 0 saturated carbocycles. The Morgan fingerprint density at radius 2 is 1.87 bits per heavy atom. The lowest BCUT2D eigenvalue weighted by Crippen LogP contribution is -2.44. The number of fused-ring (bicyclic) bond motifs is 1. The quantitative estimate of drug-likeness (QED) is 0.664. The molecule has 1 unspecified atom stereocenters. The van der Waals surface area contributed by atoms with E-state index < -0.39 is 11.2 Å². The van der Waals surface area contributed by atoms with Gasteiger partial charge in [-0.2, -0.15) is 4.99 Å². The minimum atomic E-state index is -0.571. The summed E-state index contributed by atoms with van der Waals surface area (Å²) in [7, 11) is 0. The van der Waals surface area contributed by atoms with Gasteiger partial charge in [-0.1, -0.05) is 12.1 Å². The van der Waals surface area contributed by atoms with Gasteiger partial charge in [0.2, 0.25) is 0 Å². The predicted octanol–water partition coefficient (Wildman–Crippen LogP) is 1.01. The van der Waals surface area contributed by atoms with Crippen molar-refractivity contribution in [2.75, 3.05) is 19.8 Å². The van der Waals surface area contributed by atoms with Gasteiger partial charge in [-0.15, -0.1) is 0 Å². The first-order valence-corrected chi connectivity index (χ1v) is 10.0. The molecule has 1 aromatic carbocycles. The number of rotatable bonds is 8. The van der Waals surface area contributed by atoms with Crippen LogP contribution >= 0.6 is 0 Å². The number of hydrogen-bond donors (Lipinski definition) is 2. The SMILES string of the molecule is CCOC1=Nc2c(c(=O)n(CCCO)c(=O)n2CCO)CC1Cc1ccc(F)cc1. The lowest BCUT2D eigenvalue weighted by molar-refractivity contribution is 0.264. The summed E-state index contributed by atoms with van der Waals surface area (Å²) in [5, 5.41) is 18.5. The molecule has 0 bridgehead atoms. The molecular formula is C21H26FN3O5. The van der Waals surface area contributed by atoms with Crippen molar-refractivity contribution in [3.05, 3.63) is 62.0 Å². The molecule has 0 amide bonds. The predicted molar refractivity (Wildman–Crippen MR) is 110 cm³/mol. The van der Waals surface area contributed by atoms with Crippen molar-refractivity contribution >= 4 is 11.7 Å². The van der Waals surface area contributed by atoms with Gasteiger partial charge in [0.25, 0.3) is 5.56 Å². The molecule has 2 N–H and O–H groups in total. The first kappa shape index (κ1) is 21.9. The fourth-order valence-corrected chi connectivity index (χ4v) is 3.67. The van der Waals surface area contributed by atoms with Crippen LogP contribution in [0.3, 0.4) is 0 Å². The second kappa shape index (κ2) is 9.82. The second-order valence-corrected chi connectivity index (χ2v) is 7.11. The number of hydrogen-bond acceptors (Lipinski definition) is 6. The molecule has 8 nitrogen and oxygen atoms in total. The lowest BCUT2D eigenvalue weighted by atomic mass is 9.91. The topological polar surface area (TPSA) is 106 Å². The fraction of sp³-hybridized carbons (Fsp3) is 0.476. The monoisotopic (exact) mass is 419 g/mol. The van der Waals surface area contributed by atoms with Gasteiger partial charge in [0.15, 0.2) is 5.90 Å². The smallest absolute Gasteiger partial charge is 0.332 e. The van der Waals surface area contributed by atoms with E-state index in [-0.39, 0.29) is 50.3 Å². The standard InChI is InChI=1S/C21H26FN3O5/c1-2-30-19-15(12-14-4-6-16(22)7-5-14)13-17-18(23-19)24(9-11-27)21(29)25(20(17)28)8-3-10-26/h4-7,15,26-27H,2-3,8-13H2,1H3. The summed E-state index contributed by atoms with van der Waals surface area (Å²) in [6.07, 6.45) is 1.06. The molecule has 9 heteroatoms. The summed E-state index contributed by atoms with van der Waals surface area (Å²) in [5.74, 6) is 0.0410. The van der Waals surface area contributed by atoms with Gasteiger partial charge < -0.3 is 14.9 Å². The summed E-state index contributed by atoms with van der Waals surface area (Å²) in [6.45, 7) is 1.82. The van der Waals surface area contributed by atoms with Crippen molar-refractivity contribution in [3.8, 4) is 0 Å². The van der Waals surface area contributed by atoms with E-state index in [1.165, 1.54) is 16.7 Å². The molecule has 3 rings (SSSR count). The van der Waals surface area contributed by atoms with Crippen molar-refractivity contribution in [1.82, 2.24) is 9.13 Å². The van der Waals surface area contributed by atoms with Crippen LogP contribution in [0.1, 0.15) is 24.5 Å². The summed E-state index contributed by atoms with van der Waals surface area (Å²) < 4.78 is 21.3. The molecule has 1 aromatic heterocycles. The second-order valence-electron chi connectivity index (χ2n) is 7.11. The number of aliphatic imine (C=N–C) groups is 1. The molecule has 0 saturated heterocycles. The highest BCUT2D eigenvalue weighted by Gasteiger charge is 2.30. The van der Waals surface area contributed by atoms with Gasteiger partial charge in [0, 0.05) is 19.1 Å². The molecule has 0 spiro atoms. The van der Waals surface area contributed by atoms with Crippen molar-refractivity contribution in [3.63, 3.8) is 0 Å².